The third-order valence-electron chi connectivity index (χ3n) is 7.74. The first-order valence-electron chi connectivity index (χ1n) is 12.3. The molecule has 2 atom stereocenters. The minimum absolute atomic E-state index is 0.191. The topological polar surface area (TPSA) is 40.2 Å². The number of hydrogen-bond acceptors (Lipinski definition) is 5. The summed E-state index contributed by atoms with van der Waals surface area (Å²) in [5, 5.41) is 0. The predicted molar refractivity (Wildman–Crippen MR) is 131 cm³/mol. The SMILES string of the molecule is COc1ccc2c(c1OC)CN1CCc3cc4c(cc3C1C2CCCc1ccc(F)cc1)OCO4. The smallest absolute Gasteiger partial charge is 0.231 e. The molecule has 2 unspecified atom stereocenters. The fourth-order valence-electron chi connectivity index (χ4n) is 6.12. The summed E-state index contributed by atoms with van der Waals surface area (Å²) in [7, 11) is 3.41. The first kappa shape index (κ1) is 22.2. The third kappa shape index (κ3) is 3.90. The molecule has 182 valence electrons. The highest BCUT2D eigenvalue weighted by atomic mass is 19.1. The molecule has 0 N–H and O–H groups in total. The second-order valence-electron chi connectivity index (χ2n) is 9.56. The van der Waals surface area contributed by atoms with E-state index in [2.05, 4.69) is 23.1 Å². The first-order chi connectivity index (χ1) is 17.2. The van der Waals surface area contributed by atoms with Crippen molar-refractivity contribution in [3.05, 3.63) is 82.2 Å². The van der Waals surface area contributed by atoms with Crippen LogP contribution in [-0.4, -0.2) is 32.5 Å². The lowest BCUT2D eigenvalue weighted by atomic mass is 9.74. The van der Waals surface area contributed by atoms with Crippen molar-refractivity contribution in [1.82, 2.24) is 4.90 Å². The molecule has 0 saturated carbocycles. The molecular formula is C29H30FNO4. The van der Waals surface area contributed by atoms with Crippen LogP contribution in [0.25, 0.3) is 0 Å². The van der Waals surface area contributed by atoms with Gasteiger partial charge >= 0.3 is 0 Å². The van der Waals surface area contributed by atoms with E-state index in [0.717, 1.165) is 61.8 Å². The summed E-state index contributed by atoms with van der Waals surface area (Å²) >= 11 is 0. The van der Waals surface area contributed by atoms with Gasteiger partial charge in [-0.15, -0.1) is 0 Å². The Balaban J connectivity index is 1.39. The molecule has 0 amide bonds. The molecule has 0 aliphatic carbocycles. The summed E-state index contributed by atoms with van der Waals surface area (Å²) < 4.78 is 36.3. The van der Waals surface area contributed by atoms with Gasteiger partial charge in [-0.05, 0) is 78.3 Å². The Labute approximate surface area is 205 Å². The molecule has 3 heterocycles. The van der Waals surface area contributed by atoms with Crippen molar-refractivity contribution in [3.63, 3.8) is 0 Å². The van der Waals surface area contributed by atoms with Crippen LogP contribution in [0.4, 0.5) is 4.39 Å². The Kier molecular flexibility index (Phi) is 5.77. The summed E-state index contributed by atoms with van der Waals surface area (Å²) in [5.74, 6) is 3.41. The normalized spacial score (nSPS) is 20.1. The van der Waals surface area contributed by atoms with E-state index in [0.29, 0.717) is 5.92 Å². The number of rotatable bonds is 6. The van der Waals surface area contributed by atoms with E-state index < -0.39 is 0 Å². The number of halogens is 1. The van der Waals surface area contributed by atoms with Crippen LogP contribution >= 0.6 is 0 Å². The molecule has 6 rings (SSSR count). The van der Waals surface area contributed by atoms with E-state index in [1.165, 1.54) is 27.8 Å². The van der Waals surface area contributed by atoms with Crippen molar-refractivity contribution in [1.29, 1.82) is 0 Å². The monoisotopic (exact) mass is 475 g/mol. The molecule has 0 saturated heterocycles. The number of hydrogen-bond donors (Lipinski definition) is 0. The van der Waals surface area contributed by atoms with Crippen molar-refractivity contribution in [2.75, 3.05) is 27.6 Å². The fourth-order valence-corrected chi connectivity index (χ4v) is 6.12. The number of fused-ring (bicyclic) bond motifs is 5. The van der Waals surface area contributed by atoms with E-state index in [-0.39, 0.29) is 18.7 Å². The van der Waals surface area contributed by atoms with Crippen molar-refractivity contribution < 1.29 is 23.3 Å². The molecule has 3 aliphatic heterocycles. The van der Waals surface area contributed by atoms with Gasteiger partial charge in [0, 0.05) is 30.6 Å². The highest BCUT2D eigenvalue weighted by Crippen LogP contribution is 2.53. The molecule has 3 aliphatic rings. The third-order valence-corrected chi connectivity index (χ3v) is 7.74. The summed E-state index contributed by atoms with van der Waals surface area (Å²) in [5.41, 5.74) is 6.40. The highest BCUT2D eigenvalue weighted by molar-refractivity contribution is 5.56. The van der Waals surface area contributed by atoms with Gasteiger partial charge in [-0.3, -0.25) is 4.90 Å². The number of aryl methyl sites for hydroxylation is 1. The Morgan fingerprint density at radius 1 is 0.971 bits per heavy atom. The molecule has 3 aromatic rings. The number of methoxy groups -OCH3 is 2. The molecule has 0 spiro atoms. The van der Waals surface area contributed by atoms with Gasteiger partial charge in [0.05, 0.1) is 14.2 Å². The predicted octanol–water partition coefficient (Wildman–Crippen LogP) is 5.79. The van der Waals surface area contributed by atoms with Crippen LogP contribution in [0.5, 0.6) is 23.0 Å². The minimum atomic E-state index is -0.191. The van der Waals surface area contributed by atoms with Gasteiger partial charge < -0.3 is 18.9 Å². The second-order valence-corrected chi connectivity index (χ2v) is 9.56. The van der Waals surface area contributed by atoms with Crippen molar-refractivity contribution in [2.45, 2.75) is 44.2 Å². The van der Waals surface area contributed by atoms with Crippen LogP contribution in [0.1, 0.15) is 52.6 Å². The van der Waals surface area contributed by atoms with Gasteiger partial charge in [-0.2, -0.15) is 0 Å². The minimum Gasteiger partial charge on any atom is -0.493 e. The first-order valence-corrected chi connectivity index (χ1v) is 12.3. The molecule has 5 nitrogen and oxygen atoms in total. The molecule has 0 bridgehead atoms. The summed E-state index contributed by atoms with van der Waals surface area (Å²) in [6.07, 6.45) is 3.91. The van der Waals surface area contributed by atoms with E-state index in [1.54, 1.807) is 26.4 Å². The molecule has 35 heavy (non-hydrogen) atoms. The zero-order valence-electron chi connectivity index (χ0n) is 20.2. The second kappa shape index (κ2) is 9.08. The Bertz CT molecular complexity index is 1240. The van der Waals surface area contributed by atoms with Crippen LogP contribution < -0.4 is 18.9 Å². The van der Waals surface area contributed by atoms with Crippen molar-refractivity contribution in [3.8, 4) is 23.0 Å². The average molecular weight is 476 g/mol. The van der Waals surface area contributed by atoms with Crippen molar-refractivity contribution in [2.24, 2.45) is 0 Å². The lowest BCUT2D eigenvalue weighted by molar-refractivity contribution is 0.126. The quantitative estimate of drug-likeness (QED) is 0.451. The van der Waals surface area contributed by atoms with E-state index >= 15 is 0 Å². The number of nitrogens with zero attached hydrogens (tertiary/aromatic N) is 1. The van der Waals surface area contributed by atoms with E-state index in [4.69, 9.17) is 18.9 Å². The van der Waals surface area contributed by atoms with Crippen molar-refractivity contribution >= 4 is 0 Å². The molecule has 0 radical (unpaired) electrons. The van der Waals surface area contributed by atoms with Crippen LogP contribution in [0.2, 0.25) is 0 Å². The maximum absolute atomic E-state index is 13.4. The van der Waals surface area contributed by atoms with Gasteiger partial charge in [0.15, 0.2) is 23.0 Å². The lowest BCUT2D eigenvalue weighted by Crippen LogP contribution is -2.42. The Hall–Kier alpha value is -3.25. The molecule has 0 fully saturated rings. The standard InChI is InChI=1S/C29H30FNO4/c1-32-25-11-10-21-22(5-3-4-18-6-8-20(30)9-7-18)28-23-15-27-26(34-17-35-27)14-19(23)12-13-31(28)16-24(21)29(25)33-2/h6-11,14-15,22,28H,3-5,12-13,16-17H2,1-2H3. The summed E-state index contributed by atoms with van der Waals surface area (Å²) in [4.78, 5) is 2.58. The number of ether oxygens (including phenoxy) is 4. The highest BCUT2D eigenvalue weighted by Gasteiger charge is 2.41. The van der Waals surface area contributed by atoms with Crippen LogP contribution in [-0.2, 0) is 19.4 Å². The number of benzene rings is 3. The van der Waals surface area contributed by atoms with Gasteiger partial charge in [0.1, 0.15) is 5.82 Å². The molecule has 3 aromatic carbocycles. The van der Waals surface area contributed by atoms with Crippen LogP contribution in [0.15, 0.2) is 48.5 Å². The zero-order chi connectivity index (χ0) is 23.9. The maximum Gasteiger partial charge on any atom is 0.231 e. The lowest BCUT2D eigenvalue weighted by Gasteiger charge is -2.46. The van der Waals surface area contributed by atoms with Crippen LogP contribution in [0.3, 0.4) is 0 Å². The van der Waals surface area contributed by atoms with Gasteiger partial charge in [-0.25, -0.2) is 4.39 Å². The summed E-state index contributed by atoms with van der Waals surface area (Å²) in [6.45, 7) is 2.09. The van der Waals surface area contributed by atoms with Gasteiger partial charge in [0.2, 0.25) is 6.79 Å². The zero-order valence-corrected chi connectivity index (χ0v) is 20.2. The van der Waals surface area contributed by atoms with Crippen LogP contribution in [0, 0.1) is 5.82 Å². The van der Waals surface area contributed by atoms with E-state index in [9.17, 15) is 4.39 Å². The fraction of sp³-hybridized carbons (Fsp3) is 0.379. The molecular weight excluding hydrogens is 445 g/mol. The van der Waals surface area contributed by atoms with Gasteiger partial charge in [0.25, 0.3) is 0 Å². The largest absolute Gasteiger partial charge is 0.493 e. The maximum atomic E-state index is 13.4. The average Bonchev–Trinajstić information content (AvgIpc) is 3.34. The molecule has 0 aromatic heterocycles. The van der Waals surface area contributed by atoms with E-state index in [1.807, 2.05) is 18.2 Å². The Morgan fingerprint density at radius 2 is 1.77 bits per heavy atom. The molecule has 6 heteroatoms. The van der Waals surface area contributed by atoms with Gasteiger partial charge in [-0.1, -0.05) is 18.2 Å². The summed E-state index contributed by atoms with van der Waals surface area (Å²) in [6, 6.07) is 15.8. The Morgan fingerprint density at radius 3 is 2.54 bits per heavy atom.